The molecule has 6 nitrogen and oxygen atoms in total. The topological polar surface area (TPSA) is 24.5 Å². The van der Waals surface area contributed by atoms with E-state index in [9.17, 15) is 0 Å². The lowest BCUT2D eigenvalue weighted by molar-refractivity contribution is 0.346. The Bertz CT molecular complexity index is 8780. The van der Waals surface area contributed by atoms with Gasteiger partial charge in [-0.15, -0.1) is 0 Å². The van der Waals surface area contributed by atoms with E-state index in [2.05, 4.69) is 574 Å². The van der Waals surface area contributed by atoms with Gasteiger partial charge in [0, 0.05) is 117 Å². The monoisotopic (exact) mass is 1930 g/mol. The maximum Gasteiger partial charge on any atom is 0.0542 e. The lowest BCUT2D eigenvalue weighted by Gasteiger charge is -2.39. The molecule has 21 aromatic carbocycles. The van der Waals surface area contributed by atoms with Gasteiger partial charge in [-0.2, -0.15) is 0 Å². The minimum absolute atomic E-state index is 0.0585. The summed E-state index contributed by atoms with van der Waals surface area (Å²) in [4.78, 5) is 7.30. The molecule has 0 radical (unpaired) electrons. The van der Waals surface area contributed by atoms with Crippen LogP contribution in [0.2, 0.25) is 0 Å². The van der Waals surface area contributed by atoms with E-state index in [1.165, 1.54) is 246 Å². The third-order valence-corrected chi connectivity index (χ3v) is 32.6. The van der Waals surface area contributed by atoms with Crippen LogP contribution in [-0.2, 0) is 16.2 Å². The molecule has 3 fully saturated rings. The summed E-state index contributed by atoms with van der Waals surface area (Å²) >= 11 is 0. The number of nitrogens with zero attached hydrogens (tertiary/aromatic N) is 6. The normalized spacial score (nSPS) is 14.2. The van der Waals surface area contributed by atoms with Crippen LogP contribution in [0, 0.1) is 0 Å². The lowest BCUT2D eigenvalue weighted by Crippen LogP contribution is -2.30. The van der Waals surface area contributed by atoms with Gasteiger partial charge in [0.15, 0.2) is 0 Å². The third kappa shape index (κ3) is 17.9. The molecule has 3 aromatic heterocycles. The Morgan fingerprint density at radius 1 is 0.147 bits per heavy atom. The van der Waals surface area contributed by atoms with Crippen LogP contribution in [0.15, 0.2) is 546 Å². The number of para-hydroxylation sites is 7. The lowest BCUT2D eigenvalue weighted by atomic mass is 9.65. The van der Waals surface area contributed by atoms with Gasteiger partial charge in [-0.05, 0) is 276 Å². The molecule has 3 aliphatic carbocycles. The summed E-state index contributed by atoms with van der Waals surface area (Å²) in [6, 6.07) is 200. The highest BCUT2D eigenvalue weighted by molar-refractivity contribution is 6.14. The van der Waals surface area contributed by atoms with Crippen molar-refractivity contribution in [3.8, 4) is 50.4 Å². The first-order valence-electron chi connectivity index (χ1n) is 54.0. The molecule has 0 atom stereocenters. The van der Waals surface area contributed by atoms with Gasteiger partial charge in [0.2, 0.25) is 0 Å². The number of aromatic nitrogens is 3. The van der Waals surface area contributed by atoms with Gasteiger partial charge >= 0.3 is 0 Å². The van der Waals surface area contributed by atoms with E-state index in [1.807, 2.05) is 0 Å². The van der Waals surface area contributed by atoms with E-state index in [1.54, 1.807) is 0 Å². The second-order valence-electron chi connectivity index (χ2n) is 41.1. The molecule has 27 rings (SSSR count). The minimum Gasteiger partial charge on any atom is -0.310 e. The molecule has 0 bridgehead atoms. The zero-order valence-corrected chi connectivity index (χ0v) is 84.8. The van der Waals surface area contributed by atoms with Crippen LogP contribution in [0.5, 0.6) is 0 Å². The summed E-state index contributed by atoms with van der Waals surface area (Å²) in [7, 11) is 0. The molecule has 150 heavy (non-hydrogen) atoms. The predicted molar refractivity (Wildman–Crippen MR) is 634 cm³/mol. The molecule has 24 aromatic rings. The Morgan fingerprint density at radius 3 is 0.747 bits per heavy atom. The molecule has 0 saturated heterocycles. The highest BCUT2D eigenvalue weighted by Crippen LogP contribution is 2.53. The number of fused-ring (bicyclic) bond motifs is 9. The smallest absolute Gasteiger partial charge is 0.0542 e. The molecule has 0 aliphatic heterocycles. The van der Waals surface area contributed by atoms with Crippen molar-refractivity contribution in [3.63, 3.8) is 0 Å². The first-order valence-corrected chi connectivity index (χ1v) is 54.0. The van der Waals surface area contributed by atoms with E-state index in [0.29, 0.717) is 0 Å². The Balaban J connectivity index is 0.000000116. The Hall–Kier alpha value is -17.6. The molecule has 726 valence electrons. The number of hydrogen-bond donors (Lipinski definition) is 0. The van der Waals surface area contributed by atoms with Crippen molar-refractivity contribution in [2.75, 3.05) is 14.7 Å². The number of anilines is 9. The molecule has 3 aliphatic rings. The minimum atomic E-state index is 0.0585. The van der Waals surface area contributed by atoms with Crippen LogP contribution in [0.1, 0.15) is 130 Å². The molecule has 6 heteroatoms. The Kier molecular flexibility index (Phi) is 26.0. The van der Waals surface area contributed by atoms with Gasteiger partial charge < -0.3 is 28.4 Å². The quantitative estimate of drug-likeness (QED) is 0.0717. The van der Waals surface area contributed by atoms with E-state index < -0.39 is 0 Å². The average molecular weight is 1930 g/mol. The van der Waals surface area contributed by atoms with Crippen molar-refractivity contribution in [1.82, 2.24) is 13.7 Å². The number of benzene rings is 21. The van der Waals surface area contributed by atoms with Crippen molar-refractivity contribution in [2.45, 2.75) is 113 Å². The third-order valence-electron chi connectivity index (χ3n) is 32.6. The van der Waals surface area contributed by atoms with Crippen molar-refractivity contribution in [1.29, 1.82) is 0 Å². The molecular formula is C144H120N6. The largest absolute Gasteiger partial charge is 0.310 e. The van der Waals surface area contributed by atoms with Gasteiger partial charge in [0.1, 0.15) is 0 Å². The standard InChI is InChI=1S/3C48H40N2/c1-5-17-36(18-6-1)42-23-11-13-25-45(42)49(40-29-27-38(28-30-40)48(33-15-4-16-34-48)37-19-7-2-8-20-37)41-31-32-47-44(35-41)43-24-12-14-26-46(43)50(47)39-21-9-3-10-22-39;1-5-16-36(17-6-1)37-18-15-23-42(34-37)49(41-28-26-39(27-29-41)48(32-13-4-14-33-48)38-19-7-2-8-20-38)43-30-31-47-45(35-43)44-24-11-12-25-46(44)50(47)40-21-9-3-10-22-40;1-5-15-36(16-6-1)37-23-27-41(28-24-37)49(42-29-25-39(26-30-42)48(33-13-4-14-34-48)38-17-7-2-8-18-38)43-31-32-47-45(35-43)44-21-11-12-22-46(44)50(47)40-19-9-3-10-20-40/h1-3,5-14,17-32,35H,4,15-16,33-34H2;1-3,5-12,15-31,34-35H,4,13-14,32-33H2;1-3,5-12,15-32,35H,4,13-14,33-34H2. The van der Waals surface area contributed by atoms with Crippen LogP contribution >= 0.6 is 0 Å². The van der Waals surface area contributed by atoms with E-state index in [0.717, 1.165) is 51.2 Å². The molecule has 3 heterocycles. The van der Waals surface area contributed by atoms with Gasteiger partial charge in [-0.25, -0.2) is 0 Å². The number of rotatable bonds is 21. The second kappa shape index (κ2) is 41.7. The van der Waals surface area contributed by atoms with Gasteiger partial charge in [-0.1, -0.05) is 428 Å². The Morgan fingerprint density at radius 2 is 0.387 bits per heavy atom. The fourth-order valence-electron chi connectivity index (χ4n) is 25.4. The maximum atomic E-state index is 2.45. The summed E-state index contributed by atoms with van der Waals surface area (Å²) in [5, 5.41) is 7.49. The van der Waals surface area contributed by atoms with E-state index >= 15 is 0 Å². The van der Waals surface area contributed by atoms with E-state index in [4.69, 9.17) is 0 Å². The molecule has 0 spiro atoms. The Labute approximate surface area is 881 Å². The fraction of sp³-hybridized carbons (Fsp3) is 0.125. The molecule has 0 unspecified atom stereocenters. The number of hydrogen-bond acceptors (Lipinski definition) is 3. The van der Waals surface area contributed by atoms with Gasteiger partial charge in [0.05, 0.1) is 38.8 Å². The van der Waals surface area contributed by atoms with Crippen molar-refractivity contribution < 1.29 is 0 Å². The maximum absolute atomic E-state index is 2.45. The summed E-state index contributed by atoms with van der Waals surface area (Å²) in [6.07, 6.45) is 18.8. The second-order valence-corrected chi connectivity index (χ2v) is 41.1. The molecule has 0 amide bonds. The van der Waals surface area contributed by atoms with E-state index in [-0.39, 0.29) is 16.2 Å². The first kappa shape index (κ1) is 93.5. The highest BCUT2D eigenvalue weighted by Gasteiger charge is 2.40. The molecule has 3 saturated carbocycles. The zero-order valence-electron chi connectivity index (χ0n) is 84.8. The zero-order chi connectivity index (χ0) is 100.0. The predicted octanol–water partition coefficient (Wildman–Crippen LogP) is 39.5. The van der Waals surface area contributed by atoms with Crippen molar-refractivity contribution >= 4 is 117 Å². The summed E-state index contributed by atoms with van der Waals surface area (Å²) in [6.45, 7) is 0. The van der Waals surface area contributed by atoms with Crippen molar-refractivity contribution in [2.24, 2.45) is 0 Å². The summed E-state index contributed by atoms with van der Waals surface area (Å²) in [5.74, 6) is 0. The van der Waals surface area contributed by atoms with Gasteiger partial charge in [-0.3, -0.25) is 0 Å². The van der Waals surface area contributed by atoms with Crippen molar-refractivity contribution in [3.05, 3.63) is 579 Å². The summed E-state index contributed by atoms with van der Waals surface area (Å²) in [5.41, 5.74) is 37.2. The summed E-state index contributed by atoms with van der Waals surface area (Å²) < 4.78 is 7.16. The SMILES string of the molecule is c1ccc(-c2ccc(N(c3ccc(C4(c5ccccc5)CCCCC4)cc3)c3ccc4c(c3)c3ccccc3n4-c3ccccc3)cc2)cc1.c1ccc(-c2cccc(N(c3ccc(C4(c5ccccc5)CCCCC4)cc3)c3ccc4c(c3)c3ccccc3n4-c3ccccc3)c2)cc1.c1ccc(-c2ccccc2N(c2ccc(C3(c4ccccc4)CCCCC3)cc2)c2ccc3c(c2)c2ccccc2n3-c2ccccc2)cc1. The highest BCUT2D eigenvalue weighted by atomic mass is 15.2. The van der Waals surface area contributed by atoms with Crippen LogP contribution in [0.4, 0.5) is 51.2 Å². The van der Waals surface area contributed by atoms with Crippen LogP contribution in [0.25, 0.3) is 116 Å². The van der Waals surface area contributed by atoms with Crippen LogP contribution < -0.4 is 14.7 Å². The fourth-order valence-corrected chi connectivity index (χ4v) is 25.4. The average Bonchev–Trinajstić information content (AvgIpc) is 1.57. The first-order chi connectivity index (χ1) is 74.4. The molecular weight excluding hydrogens is 1810 g/mol. The van der Waals surface area contributed by atoms with Crippen LogP contribution in [0.3, 0.4) is 0 Å². The van der Waals surface area contributed by atoms with Gasteiger partial charge in [0.25, 0.3) is 0 Å². The van der Waals surface area contributed by atoms with Crippen LogP contribution in [-0.4, -0.2) is 13.7 Å². The molecule has 0 N–H and O–H groups in total.